The highest BCUT2D eigenvalue weighted by Crippen LogP contribution is 2.37. The van der Waals surface area contributed by atoms with Gasteiger partial charge in [-0.1, -0.05) is 44.9 Å². The van der Waals surface area contributed by atoms with Crippen LogP contribution in [0.25, 0.3) is 0 Å². The Labute approximate surface area is 76.7 Å². The first-order valence-corrected chi connectivity index (χ1v) is 5.79. The van der Waals surface area contributed by atoms with E-state index in [1.165, 1.54) is 64.2 Å². The Morgan fingerprint density at radius 2 is 1.50 bits per heavy atom. The highest BCUT2D eigenvalue weighted by Gasteiger charge is 2.21. The van der Waals surface area contributed by atoms with Crippen LogP contribution in [0.3, 0.4) is 0 Å². The summed E-state index contributed by atoms with van der Waals surface area (Å²) in [5.74, 6) is 2.99. The highest BCUT2D eigenvalue weighted by atomic mass is 14.3. The van der Waals surface area contributed by atoms with Crippen LogP contribution in [-0.4, -0.2) is 0 Å². The normalized spacial score (nSPS) is 28.0. The average molecular weight is 165 g/mol. The van der Waals surface area contributed by atoms with Crippen LogP contribution in [0, 0.1) is 11.8 Å². The van der Waals surface area contributed by atoms with Gasteiger partial charge in [-0.15, -0.1) is 0 Å². The van der Waals surface area contributed by atoms with Crippen LogP contribution in [-0.2, 0) is 0 Å². The van der Waals surface area contributed by atoms with Gasteiger partial charge >= 0.3 is 0 Å². The third-order valence-corrected chi connectivity index (χ3v) is 3.61. The monoisotopic (exact) mass is 165 g/mol. The molecule has 0 aromatic rings. The maximum Gasteiger partial charge on any atom is -0.0238 e. The molecule has 0 heterocycles. The quantitative estimate of drug-likeness (QED) is 0.577. The van der Waals surface area contributed by atoms with Gasteiger partial charge in [-0.25, -0.2) is 0 Å². The van der Waals surface area contributed by atoms with Crippen LogP contribution in [0.1, 0.15) is 64.2 Å². The summed E-state index contributed by atoms with van der Waals surface area (Å²) in [6, 6.07) is 0. The second-order valence-corrected chi connectivity index (χ2v) is 4.67. The van der Waals surface area contributed by atoms with Crippen LogP contribution in [0.5, 0.6) is 0 Å². The van der Waals surface area contributed by atoms with E-state index in [-0.39, 0.29) is 0 Å². The van der Waals surface area contributed by atoms with E-state index in [0.29, 0.717) is 0 Å². The molecule has 0 aliphatic heterocycles. The molecule has 12 heavy (non-hydrogen) atoms. The Morgan fingerprint density at radius 3 is 2.17 bits per heavy atom. The Hall–Kier alpha value is 0. The lowest BCUT2D eigenvalue weighted by Crippen LogP contribution is -2.09. The molecule has 0 heteroatoms. The van der Waals surface area contributed by atoms with E-state index in [4.69, 9.17) is 0 Å². The van der Waals surface area contributed by atoms with E-state index in [0.717, 1.165) is 5.92 Å². The zero-order valence-electron chi connectivity index (χ0n) is 8.15. The average Bonchev–Trinajstić information content (AvgIpc) is 2.59. The molecule has 0 amide bonds. The molecule has 1 radical (unpaired) electrons. The van der Waals surface area contributed by atoms with Crippen molar-refractivity contribution in [2.45, 2.75) is 64.2 Å². The van der Waals surface area contributed by atoms with Crippen molar-refractivity contribution < 1.29 is 0 Å². The van der Waals surface area contributed by atoms with Crippen molar-refractivity contribution in [1.82, 2.24) is 0 Å². The van der Waals surface area contributed by atoms with Crippen molar-refractivity contribution >= 4 is 0 Å². The largest absolute Gasteiger partial charge is 0.0533 e. The van der Waals surface area contributed by atoms with Crippen molar-refractivity contribution in [1.29, 1.82) is 0 Å². The maximum absolute atomic E-state index is 1.90. The fourth-order valence-corrected chi connectivity index (χ4v) is 2.88. The number of hydrogen-bond acceptors (Lipinski definition) is 0. The first kappa shape index (κ1) is 8.59. The molecule has 0 nitrogen and oxygen atoms in total. The molecule has 0 aromatic carbocycles. The van der Waals surface area contributed by atoms with E-state index in [9.17, 15) is 0 Å². The van der Waals surface area contributed by atoms with E-state index in [1.807, 2.05) is 5.92 Å². The Kier molecular flexibility index (Phi) is 3.08. The molecular weight excluding hydrogens is 144 g/mol. The van der Waals surface area contributed by atoms with Gasteiger partial charge in [0.05, 0.1) is 0 Å². The molecule has 0 saturated heterocycles. The minimum absolute atomic E-state index is 1.09. The minimum Gasteiger partial charge on any atom is -0.0533 e. The Morgan fingerprint density at radius 1 is 0.833 bits per heavy atom. The molecule has 2 saturated carbocycles. The summed E-state index contributed by atoms with van der Waals surface area (Å²) in [4.78, 5) is 0. The van der Waals surface area contributed by atoms with E-state index < -0.39 is 0 Å². The Bertz CT molecular complexity index is 116. The van der Waals surface area contributed by atoms with E-state index >= 15 is 0 Å². The molecule has 2 aliphatic carbocycles. The van der Waals surface area contributed by atoms with Gasteiger partial charge in [0.2, 0.25) is 0 Å². The van der Waals surface area contributed by atoms with Gasteiger partial charge in [0, 0.05) is 0 Å². The van der Waals surface area contributed by atoms with Crippen LogP contribution in [0.15, 0.2) is 0 Å². The third kappa shape index (κ3) is 2.24. The first-order chi connectivity index (χ1) is 5.95. The maximum atomic E-state index is 1.90. The predicted molar refractivity (Wildman–Crippen MR) is 52.9 cm³/mol. The Balaban J connectivity index is 1.69. The van der Waals surface area contributed by atoms with Crippen molar-refractivity contribution in [3.8, 4) is 0 Å². The van der Waals surface area contributed by atoms with Crippen LogP contribution in [0.2, 0.25) is 0 Å². The van der Waals surface area contributed by atoms with Gasteiger partial charge < -0.3 is 0 Å². The second kappa shape index (κ2) is 4.30. The highest BCUT2D eigenvalue weighted by molar-refractivity contribution is 4.96. The van der Waals surface area contributed by atoms with Crippen molar-refractivity contribution in [3.63, 3.8) is 0 Å². The van der Waals surface area contributed by atoms with Gasteiger partial charge in [0.15, 0.2) is 0 Å². The summed E-state index contributed by atoms with van der Waals surface area (Å²) in [7, 11) is 0. The first-order valence-electron chi connectivity index (χ1n) is 5.79. The molecule has 2 aliphatic rings. The van der Waals surface area contributed by atoms with Crippen LogP contribution in [0.4, 0.5) is 0 Å². The summed E-state index contributed by atoms with van der Waals surface area (Å²) in [6.45, 7) is 0. The fourth-order valence-electron chi connectivity index (χ4n) is 2.88. The number of hydrogen-bond donors (Lipinski definition) is 0. The van der Waals surface area contributed by atoms with Gasteiger partial charge in [-0.05, 0) is 31.1 Å². The summed E-state index contributed by atoms with van der Waals surface area (Å²) in [6.07, 6.45) is 15.0. The van der Waals surface area contributed by atoms with Gasteiger partial charge in [0.1, 0.15) is 0 Å². The third-order valence-electron chi connectivity index (χ3n) is 3.61. The molecule has 0 unspecified atom stereocenters. The molecule has 0 atom stereocenters. The topological polar surface area (TPSA) is 0 Å². The fraction of sp³-hybridized carbons (Fsp3) is 0.917. The molecule has 2 fully saturated rings. The van der Waals surface area contributed by atoms with Gasteiger partial charge in [0.25, 0.3) is 0 Å². The van der Waals surface area contributed by atoms with Crippen molar-refractivity contribution in [2.24, 2.45) is 5.92 Å². The molecule has 2 rings (SSSR count). The molecule has 69 valence electrons. The predicted octanol–water partition coefficient (Wildman–Crippen LogP) is 4.11. The number of rotatable bonds is 2. The van der Waals surface area contributed by atoms with Crippen molar-refractivity contribution in [2.75, 3.05) is 0 Å². The SMILES string of the molecule is C1CCC(C[C]2CCCC2)CC1. The van der Waals surface area contributed by atoms with Crippen LogP contribution >= 0.6 is 0 Å². The smallest absolute Gasteiger partial charge is 0.0238 e. The molecule has 0 bridgehead atoms. The zero-order valence-corrected chi connectivity index (χ0v) is 8.15. The summed E-state index contributed by atoms with van der Waals surface area (Å²) < 4.78 is 0. The van der Waals surface area contributed by atoms with Crippen molar-refractivity contribution in [3.05, 3.63) is 5.92 Å². The van der Waals surface area contributed by atoms with E-state index in [2.05, 4.69) is 0 Å². The van der Waals surface area contributed by atoms with Crippen LogP contribution < -0.4 is 0 Å². The second-order valence-electron chi connectivity index (χ2n) is 4.67. The van der Waals surface area contributed by atoms with Gasteiger partial charge in [-0.2, -0.15) is 0 Å². The minimum atomic E-state index is 1.09. The summed E-state index contributed by atoms with van der Waals surface area (Å²) in [5, 5.41) is 0. The lowest BCUT2D eigenvalue weighted by molar-refractivity contribution is 0.341. The standard InChI is InChI=1S/C12H21/c1-2-6-11(7-3-1)10-12-8-4-5-9-12/h11H,1-10H2. The van der Waals surface area contributed by atoms with Gasteiger partial charge in [-0.3, -0.25) is 0 Å². The molecule has 0 N–H and O–H groups in total. The molecule has 0 spiro atoms. The molecular formula is C12H21. The van der Waals surface area contributed by atoms with E-state index in [1.54, 1.807) is 0 Å². The summed E-state index contributed by atoms with van der Waals surface area (Å²) in [5.41, 5.74) is 0. The lowest BCUT2D eigenvalue weighted by Gasteiger charge is -2.23. The zero-order chi connectivity index (χ0) is 8.23. The summed E-state index contributed by atoms with van der Waals surface area (Å²) >= 11 is 0. The molecule has 0 aromatic heterocycles. The lowest BCUT2D eigenvalue weighted by atomic mass is 9.82.